The molecule has 0 N–H and O–H groups in total. The molecule has 0 heterocycles. The van der Waals surface area contributed by atoms with Gasteiger partial charge in [0.2, 0.25) is 0 Å². The van der Waals surface area contributed by atoms with Crippen LogP contribution in [0.4, 0.5) is 0 Å². The Labute approximate surface area is 229 Å². The van der Waals surface area contributed by atoms with Gasteiger partial charge in [-0.2, -0.15) is 0 Å². The SMILES string of the molecule is CC(C)=c1ccc2c(c1C1=C(c3cc(-c4ccccc4)cc(-c4ccccc4)c3)C=CC1)C=c1ccccc1=2. The summed E-state index contributed by atoms with van der Waals surface area (Å²) in [6.45, 7) is 4.47. The van der Waals surface area contributed by atoms with Gasteiger partial charge in [0, 0.05) is 0 Å². The van der Waals surface area contributed by atoms with Crippen molar-refractivity contribution < 1.29 is 0 Å². The number of fused-ring (bicyclic) bond motifs is 2. The van der Waals surface area contributed by atoms with E-state index in [0.29, 0.717) is 0 Å². The average molecular weight is 499 g/mol. The van der Waals surface area contributed by atoms with Crippen LogP contribution in [-0.2, 0) is 0 Å². The van der Waals surface area contributed by atoms with Crippen LogP contribution in [0.2, 0.25) is 0 Å². The number of rotatable bonds is 4. The summed E-state index contributed by atoms with van der Waals surface area (Å²) in [5, 5.41) is 5.33. The molecule has 0 saturated carbocycles. The second kappa shape index (κ2) is 9.57. The minimum Gasteiger partial charge on any atom is -0.0795 e. The second-order valence-electron chi connectivity index (χ2n) is 10.7. The van der Waals surface area contributed by atoms with Crippen LogP contribution in [0, 0.1) is 10.4 Å². The third kappa shape index (κ3) is 4.10. The van der Waals surface area contributed by atoms with E-state index in [2.05, 4.69) is 147 Å². The lowest BCUT2D eigenvalue weighted by Gasteiger charge is -2.16. The van der Waals surface area contributed by atoms with Gasteiger partial charge in [0.15, 0.2) is 0 Å². The van der Waals surface area contributed by atoms with Crippen LogP contribution in [0.5, 0.6) is 0 Å². The van der Waals surface area contributed by atoms with Crippen molar-refractivity contribution in [2.24, 2.45) is 0 Å². The van der Waals surface area contributed by atoms with E-state index in [1.165, 1.54) is 76.5 Å². The quantitative estimate of drug-likeness (QED) is 0.228. The summed E-state index contributed by atoms with van der Waals surface area (Å²) in [6.07, 6.45) is 8.00. The van der Waals surface area contributed by atoms with Crippen LogP contribution < -0.4 is 10.4 Å². The van der Waals surface area contributed by atoms with Gasteiger partial charge in [-0.05, 0) is 116 Å². The van der Waals surface area contributed by atoms with E-state index in [1.54, 1.807) is 0 Å². The van der Waals surface area contributed by atoms with Gasteiger partial charge < -0.3 is 0 Å². The van der Waals surface area contributed by atoms with E-state index in [4.69, 9.17) is 0 Å². The van der Waals surface area contributed by atoms with E-state index in [9.17, 15) is 0 Å². The van der Waals surface area contributed by atoms with Crippen LogP contribution in [0.25, 0.3) is 45.0 Å². The summed E-state index contributed by atoms with van der Waals surface area (Å²) >= 11 is 0. The highest BCUT2D eigenvalue weighted by Crippen LogP contribution is 2.39. The fraction of sp³-hybridized carbons (Fsp3) is 0.0769. The summed E-state index contributed by atoms with van der Waals surface area (Å²) < 4.78 is 0. The topological polar surface area (TPSA) is 0 Å². The van der Waals surface area contributed by atoms with Crippen molar-refractivity contribution in [3.05, 3.63) is 165 Å². The molecule has 0 aromatic heterocycles. The minimum absolute atomic E-state index is 0.937. The zero-order chi connectivity index (χ0) is 26.3. The van der Waals surface area contributed by atoms with Crippen LogP contribution >= 0.6 is 0 Å². The minimum atomic E-state index is 0.937. The Morgan fingerprint density at radius 1 is 0.564 bits per heavy atom. The first kappa shape index (κ1) is 23.4. The van der Waals surface area contributed by atoms with Gasteiger partial charge in [-0.3, -0.25) is 0 Å². The maximum atomic E-state index is 2.39. The van der Waals surface area contributed by atoms with Crippen molar-refractivity contribution in [1.29, 1.82) is 0 Å². The van der Waals surface area contributed by atoms with E-state index >= 15 is 0 Å². The molecule has 7 rings (SSSR count). The van der Waals surface area contributed by atoms with E-state index in [-0.39, 0.29) is 0 Å². The van der Waals surface area contributed by atoms with Gasteiger partial charge in [-0.25, -0.2) is 0 Å². The molecule has 0 amide bonds. The molecule has 0 saturated heterocycles. The predicted octanol–water partition coefficient (Wildman–Crippen LogP) is 8.51. The number of hydrogen-bond donors (Lipinski definition) is 0. The van der Waals surface area contributed by atoms with Crippen molar-refractivity contribution in [1.82, 2.24) is 0 Å². The summed E-state index contributed by atoms with van der Waals surface area (Å²) in [5.74, 6) is 0. The first-order chi connectivity index (χ1) is 19.2. The van der Waals surface area contributed by atoms with Crippen molar-refractivity contribution >= 4 is 22.8 Å². The molecule has 0 heteroatoms. The van der Waals surface area contributed by atoms with E-state index < -0.39 is 0 Å². The lowest BCUT2D eigenvalue weighted by atomic mass is 9.88. The summed E-state index contributed by atoms with van der Waals surface area (Å²) in [6, 6.07) is 42.0. The van der Waals surface area contributed by atoms with Crippen LogP contribution in [0.1, 0.15) is 37.0 Å². The Bertz CT molecular complexity index is 1960. The fourth-order valence-electron chi connectivity index (χ4n) is 6.16. The molecule has 2 aliphatic carbocycles. The van der Waals surface area contributed by atoms with Gasteiger partial charge >= 0.3 is 0 Å². The Hall–Kier alpha value is -4.68. The Kier molecular flexibility index (Phi) is 5.75. The number of hydrogen-bond acceptors (Lipinski definition) is 0. The Morgan fingerprint density at radius 2 is 1.18 bits per heavy atom. The molecule has 186 valence electrons. The molecule has 5 aromatic carbocycles. The lowest BCUT2D eigenvalue weighted by Crippen LogP contribution is -2.13. The fourth-order valence-corrected chi connectivity index (χ4v) is 6.16. The molecule has 0 bridgehead atoms. The van der Waals surface area contributed by atoms with Crippen LogP contribution in [-0.4, -0.2) is 0 Å². The van der Waals surface area contributed by atoms with Crippen molar-refractivity contribution in [2.75, 3.05) is 0 Å². The first-order valence-electron chi connectivity index (χ1n) is 13.8. The third-order valence-corrected chi connectivity index (χ3v) is 8.03. The molecule has 0 unspecified atom stereocenters. The number of benzene rings is 5. The summed E-state index contributed by atoms with van der Waals surface area (Å²) in [5.41, 5.74) is 13.1. The highest BCUT2D eigenvalue weighted by Gasteiger charge is 2.20. The average Bonchev–Trinajstić information content (AvgIpc) is 3.62. The molecule has 2 aliphatic rings. The van der Waals surface area contributed by atoms with Gasteiger partial charge in [-0.1, -0.05) is 115 Å². The molecule has 0 nitrogen and oxygen atoms in total. The zero-order valence-corrected chi connectivity index (χ0v) is 22.4. The molecule has 5 aromatic rings. The maximum Gasteiger partial charge on any atom is -0.00642 e. The molecular formula is C39H30. The van der Waals surface area contributed by atoms with Gasteiger partial charge in [-0.15, -0.1) is 0 Å². The Morgan fingerprint density at radius 3 is 1.85 bits per heavy atom. The Balaban J connectivity index is 1.52. The molecule has 0 aliphatic heterocycles. The maximum absolute atomic E-state index is 2.39. The monoisotopic (exact) mass is 498 g/mol. The summed E-state index contributed by atoms with van der Waals surface area (Å²) in [7, 11) is 0. The first-order valence-corrected chi connectivity index (χ1v) is 13.8. The summed E-state index contributed by atoms with van der Waals surface area (Å²) in [4.78, 5) is 0. The molecule has 0 spiro atoms. The molecule has 39 heavy (non-hydrogen) atoms. The lowest BCUT2D eigenvalue weighted by molar-refractivity contribution is 1.35. The smallest absolute Gasteiger partial charge is 0.00642 e. The van der Waals surface area contributed by atoms with Crippen molar-refractivity contribution in [3.8, 4) is 22.3 Å². The van der Waals surface area contributed by atoms with E-state index in [0.717, 1.165) is 6.42 Å². The van der Waals surface area contributed by atoms with Crippen molar-refractivity contribution in [2.45, 2.75) is 20.3 Å². The van der Waals surface area contributed by atoms with Gasteiger partial charge in [0.1, 0.15) is 0 Å². The van der Waals surface area contributed by atoms with E-state index in [1.807, 2.05) is 0 Å². The molecule has 0 radical (unpaired) electrons. The van der Waals surface area contributed by atoms with Gasteiger partial charge in [0.25, 0.3) is 0 Å². The number of allylic oxidation sites excluding steroid dienone is 4. The second-order valence-corrected chi connectivity index (χ2v) is 10.7. The highest BCUT2D eigenvalue weighted by atomic mass is 14.2. The third-order valence-electron chi connectivity index (χ3n) is 8.03. The van der Waals surface area contributed by atoms with Gasteiger partial charge in [0.05, 0.1) is 0 Å². The van der Waals surface area contributed by atoms with Crippen LogP contribution in [0.15, 0.2) is 127 Å². The predicted molar refractivity (Wildman–Crippen MR) is 166 cm³/mol. The molecule has 0 fully saturated rings. The van der Waals surface area contributed by atoms with Crippen molar-refractivity contribution in [3.63, 3.8) is 0 Å². The standard InChI is InChI=1S/C39H30/c1-26(2)33-20-21-36-34-17-10-9-16-29(34)25-38(36)39(33)37-19-11-18-35(37)32-23-30(27-12-5-3-6-13-27)22-31(24-32)28-14-7-4-8-15-28/h3-18,20-25H,19H2,1-2H3. The van der Waals surface area contributed by atoms with Crippen LogP contribution in [0.3, 0.4) is 0 Å². The normalized spacial score (nSPS) is 13.3. The largest absolute Gasteiger partial charge is 0.0795 e. The molecular weight excluding hydrogens is 468 g/mol. The zero-order valence-electron chi connectivity index (χ0n) is 22.4. The highest BCUT2D eigenvalue weighted by molar-refractivity contribution is 6.02. The molecule has 0 atom stereocenters.